The van der Waals surface area contributed by atoms with Gasteiger partial charge in [-0.05, 0) is 48.9 Å². The molecule has 1 fully saturated rings. The smallest absolute Gasteiger partial charge is 0.252 e. The lowest BCUT2D eigenvalue weighted by molar-refractivity contribution is 0.174. The molecule has 0 aliphatic carbocycles. The molecule has 2 aliphatic heterocycles. The van der Waals surface area contributed by atoms with Crippen LogP contribution in [-0.2, 0) is 16.4 Å². The van der Waals surface area contributed by atoms with Gasteiger partial charge < -0.3 is 14.4 Å². The molecule has 1 aromatic carbocycles. The van der Waals surface area contributed by atoms with Crippen molar-refractivity contribution in [2.24, 2.45) is 0 Å². The third-order valence-corrected chi connectivity index (χ3v) is 9.06. The molecular formula is C21H22N4O4S2. The van der Waals surface area contributed by atoms with Gasteiger partial charge in [0.15, 0.2) is 17.3 Å². The van der Waals surface area contributed by atoms with Crippen LogP contribution in [0.15, 0.2) is 46.7 Å². The van der Waals surface area contributed by atoms with Crippen LogP contribution < -0.4 is 14.4 Å². The number of fused-ring (bicyclic) bond motifs is 1. The Morgan fingerprint density at radius 1 is 0.968 bits per heavy atom. The summed E-state index contributed by atoms with van der Waals surface area (Å²) in [6, 6.07) is 13.1. The van der Waals surface area contributed by atoms with Gasteiger partial charge in [-0.2, -0.15) is 4.31 Å². The van der Waals surface area contributed by atoms with Crippen LogP contribution in [0.3, 0.4) is 0 Å². The molecule has 1 saturated heterocycles. The molecule has 0 N–H and O–H groups in total. The Kier molecular flexibility index (Phi) is 5.28. The van der Waals surface area contributed by atoms with E-state index in [2.05, 4.69) is 15.1 Å². The molecule has 0 atom stereocenters. The zero-order chi connectivity index (χ0) is 21.4. The van der Waals surface area contributed by atoms with E-state index in [9.17, 15) is 8.42 Å². The van der Waals surface area contributed by atoms with Crippen LogP contribution >= 0.6 is 11.3 Å². The fourth-order valence-corrected chi connectivity index (χ4v) is 6.55. The van der Waals surface area contributed by atoms with Crippen molar-refractivity contribution in [3.63, 3.8) is 0 Å². The van der Waals surface area contributed by atoms with Gasteiger partial charge in [-0.25, -0.2) is 8.42 Å². The van der Waals surface area contributed by atoms with Crippen LogP contribution in [0, 0.1) is 0 Å². The van der Waals surface area contributed by atoms with E-state index in [1.54, 1.807) is 10.4 Å². The number of hydrogen-bond donors (Lipinski definition) is 0. The van der Waals surface area contributed by atoms with E-state index in [0.29, 0.717) is 36.1 Å². The van der Waals surface area contributed by atoms with Crippen LogP contribution in [0.25, 0.3) is 11.3 Å². The second kappa shape index (κ2) is 8.10. The predicted molar refractivity (Wildman–Crippen MR) is 118 cm³/mol. The first-order valence-corrected chi connectivity index (χ1v) is 12.4. The van der Waals surface area contributed by atoms with Gasteiger partial charge >= 0.3 is 0 Å². The van der Waals surface area contributed by atoms with E-state index in [4.69, 9.17) is 9.47 Å². The second-order valence-corrected chi connectivity index (χ2v) is 10.6. The quantitative estimate of drug-likeness (QED) is 0.581. The highest BCUT2D eigenvalue weighted by Crippen LogP contribution is 2.35. The van der Waals surface area contributed by atoms with Gasteiger partial charge in [0.2, 0.25) is 6.79 Å². The average molecular weight is 459 g/mol. The minimum Gasteiger partial charge on any atom is -0.454 e. The molecule has 10 heteroatoms. The van der Waals surface area contributed by atoms with Gasteiger partial charge in [0.1, 0.15) is 4.21 Å². The van der Waals surface area contributed by atoms with Crippen molar-refractivity contribution in [2.45, 2.75) is 17.6 Å². The highest BCUT2D eigenvalue weighted by Gasteiger charge is 2.30. The molecule has 0 spiro atoms. The molecule has 31 heavy (non-hydrogen) atoms. The van der Waals surface area contributed by atoms with Gasteiger partial charge in [0.25, 0.3) is 10.0 Å². The van der Waals surface area contributed by atoms with Gasteiger partial charge in [0.05, 0.1) is 5.69 Å². The minimum atomic E-state index is -3.44. The molecule has 3 aromatic rings. The number of piperazine rings is 1. The summed E-state index contributed by atoms with van der Waals surface area (Å²) < 4.78 is 38.6. The highest BCUT2D eigenvalue weighted by molar-refractivity contribution is 7.91. The van der Waals surface area contributed by atoms with Crippen LogP contribution in [0.4, 0.5) is 5.82 Å². The summed E-state index contributed by atoms with van der Waals surface area (Å²) in [5, 5.41) is 8.73. The minimum absolute atomic E-state index is 0.233. The Balaban J connectivity index is 1.25. The van der Waals surface area contributed by atoms with Gasteiger partial charge in [-0.3, -0.25) is 0 Å². The summed E-state index contributed by atoms with van der Waals surface area (Å²) in [5.41, 5.74) is 1.65. The summed E-state index contributed by atoms with van der Waals surface area (Å²) in [6.07, 6.45) is 0.842. The largest absolute Gasteiger partial charge is 0.454 e. The van der Waals surface area contributed by atoms with Gasteiger partial charge in [0, 0.05) is 36.6 Å². The fraction of sp³-hybridized carbons (Fsp3) is 0.333. The standard InChI is InChI=1S/C21H22N4O4S2/c1-2-16-4-8-21(30-16)31(26,27)25-11-9-24(10-12-25)20-7-5-17(22-23-20)15-3-6-18-19(13-15)29-14-28-18/h3-8,13H,2,9-12,14H2,1H3. The van der Waals surface area contributed by atoms with Crippen molar-refractivity contribution in [1.29, 1.82) is 0 Å². The molecule has 4 heterocycles. The van der Waals surface area contributed by atoms with Gasteiger partial charge in [-0.1, -0.05) is 6.92 Å². The van der Waals surface area contributed by atoms with Crippen LogP contribution in [0.1, 0.15) is 11.8 Å². The number of aryl methyl sites for hydroxylation is 1. The Hall–Kier alpha value is -2.69. The lowest BCUT2D eigenvalue weighted by atomic mass is 10.1. The molecule has 0 bridgehead atoms. The number of rotatable bonds is 5. The fourth-order valence-electron chi connectivity index (χ4n) is 3.68. The summed E-state index contributed by atoms with van der Waals surface area (Å²) >= 11 is 1.36. The van der Waals surface area contributed by atoms with Crippen LogP contribution in [0.2, 0.25) is 0 Å². The number of aromatic nitrogens is 2. The van der Waals surface area contributed by atoms with Crippen molar-refractivity contribution in [3.8, 4) is 22.8 Å². The first-order chi connectivity index (χ1) is 15.0. The molecule has 0 radical (unpaired) electrons. The zero-order valence-corrected chi connectivity index (χ0v) is 18.7. The molecule has 8 nitrogen and oxygen atoms in total. The van der Waals surface area contributed by atoms with Crippen molar-refractivity contribution >= 4 is 27.2 Å². The first kappa shape index (κ1) is 20.2. The number of benzene rings is 1. The summed E-state index contributed by atoms with van der Waals surface area (Å²) in [7, 11) is -3.44. The summed E-state index contributed by atoms with van der Waals surface area (Å²) in [4.78, 5) is 3.14. The van der Waals surface area contributed by atoms with Crippen molar-refractivity contribution in [2.75, 3.05) is 37.9 Å². The second-order valence-electron chi connectivity index (χ2n) is 7.31. The molecular weight excluding hydrogens is 436 g/mol. The van der Waals surface area contributed by atoms with E-state index in [1.165, 1.54) is 11.3 Å². The van der Waals surface area contributed by atoms with Gasteiger partial charge in [-0.15, -0.1) is 21.5 Å². The molecule has 0 saturated carbocycles. The third-order valence-electron chi connectivity index (χ3n) is 5.46. The molecule has 2 aromatic heterocycles. The summed E-state index contributed by atoms with van der Waals surface area (Å²) in [5.74, 6) is 2.18. The summed E-state index contributed by atoms with van der Waals surface area (Å²) in [6.45, 7) is 4.25. The van der Waals surface area contributed by atoms with Crippen LogP contribution in [-0.4, -0.2) is 55.9 Å². The van der Waals surface area contributed by atoms with Crippen LogP contribution in [0.5, 0.6) is 11.5 Å². The Labute approximate surface area is 185 Å². The Bertz CT molecular complexity index is 1190. The third kappa shape index (κ3) is 3.86. The zero-order valence-electron chi connectivity index (χ0n) is 17.0. The van der Waals surface area contributed by atoms with E-state index in [-0.39, 0.29) is 6.79 Å². The SMILES string of the molecule is CCc1ccc(S(=O)(=O)N2CCN(c3ccc(-c4ccc5c(c4)OCO5)nn3)CC2)s1. The molecule has 162 valence electrons. The maximum atomic E-state index is 12.9. The number of nitrogens with zero attached hydrogens (tertiary/aromatic N) is 4. The number of thiophene rings is 1. The molecule has 2 aliphatic rings. The van der Waals surface area contributed by atoms with Crippen molar-refractivity contribution in [1.82, 2.24) is 14.5 Å². The lowest BCUT2D eigenvalue weighted by Crippen LogP contribution is -2.48. The maximum absolute atomic E-state index is 12.9. The van der Waals surface area contributed by atoms with Crippen molar-refractivity contribution < 1.29 is 17.9 Å². The first-order valence-electron chi connectivity index (χ1n) is 10.1. The topological polar surface area (TPSA) is 84.9 Å². The average Bonchev–Trinajstić information content (AvgIpc) is 3.48. The highest BCUT2D eigenvalue weighted by atomic mass is 32.2. The lowest BCUT2D eigenvalue weighted by Gasteiger charge is -2.34. The predicted octanol–water partition coefficient (Wildman–Crippen LogP) is 3.01. The van der Waals surface area contributed by atoms with E-state index >= 15 is 0 Å². The number of hydrogen-bond acceptors (Lipinski definition) is 8. The molecule has 0 unspecified atom stereocenters. The normalized spacial score (nSPS) is 16.6. The number of anilines is 1. The van der Waals surface area contributed by atoms with Crippen molar-refractivity contribution in [3.05, 3.63) is 47.3 Å². The molecule has 0 amide bonds. The number of ether oxygens (including phenoxy) is 2. The number of sulfonamides is 1. The van der Waals surface area contributed by atoms with E-state index < -0.39 is 10.0 Å². The monoisotopic (exact) mass is 458 g/mol. The Morgan fingerprint density at radius 2 is 1.77 bits per heavy atom. The van der Waals surface area contributed by atoms with E-state index in [0.717, 1.165) is 34.1 Å². The maximum Gasteiger partial charge on any atom is 0.252 e. The molecule has 5 rings (SSSR count). The Morgan fingerprint density at radius 3 is 2.48 bits per heavy atom. The van der Waals surface area contributed by atoms with E-state index in [1.807, 2.05) is 43.3 Å².